The Bertz CT molecular complexity index is 479. The standard InChI is InChI=1S/C7H8B4ClNS/c8-1-2(9)4(11)6-5(3(1)10)13-7(12)14-6/h8-11H2. The minimum atomic E-state index is 0.635. The van der Waals surface area contributed by atoms with Crippen LogP contribution in [0.3, 0.4) is 0 Å². The van der Waals surface area contributed by atoms with E-state index < -0.39 is 0 Å². The smallest absolute Gasteiger partial charge is 0.184 e. The third kappa shape index (κ3) is 1.32. The topological polar surface area (TPSA) is 12.9 Å². The van der Waals surface area contributed by atoms with Crippen molar-refractivity contribution in [2.45, 2.75) is 0 Å². The van der Waals surface area contributed by atoms with Gasteiger partial charge >= 0.3 is 0 Å². The van der Waals surface area contributed by atoms with Crippen LogP contribution in [0.15, 0.2) is 0 Å². The molecule has 7 heteroatoms. The first-order valence-electron chi connectivity index (χ1n) is 4.54. The van der Waals surface area contributed by atoms with Crippen LogP contribution in [-0.2, 0) is 0 Å². The summed E-state index contributed by atoms with van der Waals surface area (Å²) in [6, 6.07) is 0. The maximum atomic E-state index is 5.94. The van der Waals surface area contributed by atoms with E-state index >= 15 is 0 Å². The molecular weight excluding hydrogens is 209 g/mol. The van der Waals surface area contributed by atoms with E-state index in [-0.39, 0.29) is 0 Å². The molecule has 2 rings (SSSR count). The van der Waals surface area contributed by atoms with Crippen molar-refractivity contribution in [2.75, 3.05) is 0 Å². The largest absolute Gasteiger partial charge is 0.226 e. The molecule has 0 unspecified atom stereocenters. The lowest BCUT2D eigenvalue weighted by atomic mass is 9.67. The highest BCUT2D eigenvalue weighted by Gasteiger charge is 2.11. The maximum Gasteiger partial charge on any atom is 0.184 e. The van der Waals surface area contributed by atoms with Gasteiger partial charge < -0.3 is 0 Å². The average Bonchev–Trinajstić information content (AvgIpc) is 2.54. The zero-order valence-corrected chi connectivity index (χ0v) is 10.3. The lowest BCUT2D eigenvalue weighted by Gasteiger charge is -2.10. The Morgan fingerprint density at radius 3 is 2.14 bits per heavy atom. The van der Waals surface area contributed by atoms with Gasteiger partial charge in [0.2, 0.25) is 0 Å². The van der Waals surface area contributed by atoms with E-state index in [2.05, 4.69) is 36.4 Å². The second-order valence-corrected chi connectivity index (χ2v) is 5.23. The van der Waals surface area contributed by atoms with Crippen LogP contribution in [0.4, 0.5) is 0 Å². The van der Waals surface area contributed by atoms with Gasteiger partial charge in [-0.1, -0.05) is 28.0 Å². The third-order valence-corrected chi connectivity index (χ3v) is 4.26. The summed E-state index contributed by atoms with van der Waals surface area (Å²) < 4.78 is 1.87. The van der Waals surface area contributed by atoms with Gasteiger partial charge in [-0.15, -0.1) is 16.8 Å². The fourth-order valence-electron chi connectivity index (χ4n) is 1.71. The Balaban J connectivity index is 3.01. The van der Waals surface area contributed by atoms with Crippen LogP contribution in [0, 0.1) is 0 Å². The third-order valence-electron chi connectivity index (χ3n) is 2.98. The fraction of sp³-hybridized carbons (Fsp3) is 0. The normalized spacial score (nSPS) is 10.9. The number of hydrogen-bond acceptors (Lipinski definition) is 2. The van der Waals surface area contributed by atoms with Gasteiger partial charge in [0.25, 0.3) is 0 Å². The molecule has 0 aliphatic carbocycles. The molecule has 0 spiro atoms. The van der Waals surface area contributed by atoms with E-state index in [0.717, 1.165) is 5.52 Å². The maximum absolute atomic E-state index is 5.94. The first-order valence-corrected chi connectivity index (χ1v) is 5.74. The Hall–Kier alpha value is -0.340. The first-order chi connectivity index (χ1) is 6.52. The van der Waals surface area contributed by atoms with Crippen molar-refractivity contribution in [3.63, 3.8) is 0 Å². The van der Waals surface area contributed by atoms with Crippen molar-refractivity contribution in [2.24, 2.45) is 0 Å². The minimum absolute atomic E-state index is 0.635. The summed E-state index contributed by atoms with van der Waals surface area (Å²) in [6.45, 7) is 0. The summed E-state index contributed by atoms with van der Waals surface area (Å²) in [4.78, 5) is 4.36. The van der Waals surface area contributed by atoms with E-state index in [4.69, 9.17) is 11.6 Å². The Morgan fingerprint density at radius 2 is 1.50 bits per heavy atom. The predicted octanol–water partition coefficient (Wildman–Crippen LogP) is -4.02. The molecule has 0 radical (unpaired) electrons. The number of nitrogens with zero attached hydrogens (tertiary/aromatic N) is 1. The second-order valence-electron chi connectivity index (χ2n) is 3.64. The SMILES string of the molecule is Bc1c(B)c(B)c2sc(Cl)nc2c1B. The van der Waals surface area contributed by atoms with Crippen molar-refractivity contribution in [3.05, 3.63) is 4.47 Å². The number of fused-ring (bicyclic) bond motifs is 1. The van der Waals surface area contributed by atoms with Crippen molar-refractivity contribution in [3.8, 4) is 0 Å². The molecule has 0 bridgehead atoms. The Labute approximate surface area is 95.9 Å². The number of hydrogen-bond donors (Lipinski definition) is 0. The molecule has 1 heterocycles. The highest BCUT2D eigenvalue weighted by Crippen LogP contribution is 2.21. The second kappa shape index (κ2) is 3.35. The fourth-order valence-corrected chi connectivity index (χ4v) is 2.94. The van der Waals surface area contributed by atoms with E-state index in [0.29, 0.717) is 4.47 Å². The molecule has 0 aliphatic heterocycles. The molecule has 1 nitrogen and oxygen atoms in total. The van der Waals surface area contributed by atoms with Crippen LogP contribution in [0.25, 0.3) is 10.2 Å². The molecule has 1 aromatic carbocycles. The molecule has 14 heavy (non-hydrogen) atoms. The summed E-state index contributed by atoms with van der Waals surface area (Å²) in [6.07, 6.45) is 0. The monoisotopic (exact) mass is 217 g/mol. The number of aromatic nitrogens is 1. The predicted molar refractivity (Wildman–Crippen MR) is 77.3 cm³/mol. The molecule has 0 saturated heterocycles. The number of halogens is 1. The van der Waals surface area contributed by atoms with Gasteiger partial charge in [-0.05, 0) is 0 Å². The van der Waals surface area contributed by atoms with Crippen molar-refractivity contribution >= 4 is 86.4 Å². The molecule has 0 aliphatic rings. The van der Waals surface area contributed by atoms with Crippen LogP contribution >= 0.6 is 22.9 Å². The summed E-state index contributed by atoms with van der Waals surface area (Å²) in [5.41, 5.74) is 6.33. The quantitative estimate of drug-likeness (QED) is 0.409. The first kappa shape index (κ1) is 10.2. The molecule has 0 N–H and O–H groups in total. The van der Waals surface area contributed by atoms with Crippen molar-refractivity contribution < 1.29 is 0 Å². The molecule has 1 aromatic heterocycles. The van der Waals surface area contributed by atoms with Crippen molar-refractivity contribution in [1.29, 1.82) is 0 Å². The van der Waals surface area contributed by atoms with E-state index in [1.165, 1.54) is 26.6 Å². The summed E-state index contributed by atoms with van der Waals surface area (Å²) >= 11 is 7.51. The average molecular weight is 217 g/mol. The highest BCUT2D eigenvalue weighted by molar-refractivity contribution is 7.23. The van der Waals surface area contributed by atoms with Crippen LogP contribution < -0.4 is 21.9 Å². The Kier molecular flexibility index (Phi) is 2.44. The Morgan fingerprint density at radius 1 is 0.929 bits per heavy atom. The summed E-state index contributed by atoms with van der Waals surface area (Å²) in [7, 11) is 8.55. The van der Waals surface area contributed by atoms with Gasteiger partial charge in [0, 0.05) is 4.70 Å². The van der Waals surface area contributed by atoms with Crippen LogP contribution in [-0.4, -0.2) is 36.4 Å². The summed E-state index contributed by atoms with van der Waals surface area (Å²) in [5, 5.41) is 0. The van der Waals surface area contributed by atoms with E-state index in [9.17, 15) is 0 Å². The molecule has 0 amide bonds. The van der Waals surface area contributed by atoms with Gasteiger partial charge in [-0.25, -0.2) is 4.98 Å². The van der Waals surface area contributed by atoms with Crippen molar-refractivity contribution in [1.82, 2.24) is 4.98 Å². The lowest BCUT2D eigenvalue weighted by Crippen LogP contribution is -2.47. The molecule has 0 atom stereocenters. The molecular formula is C7H8B4ClNS. The van der Waals surface area contributed by atoms with Gasteiger partial charge in [-0.3, -0.25) is 0 Å². The van der Waals surface area contributed by atoms with E-state index in [1.807, 2.05) is 0 Å². The minimum Gasteiger partial charge on any atom is -0.226 e. The van der Waals surface area contributed by atoms with Crippen LogP contribution in [0.5, 0.6) is 0 Å². The number of benzene rings is 1. The van der Waals surface area contributed by atoms with Crippen LogP contribution in [0.1, 0.15) is 0 Å². The molecule has 66 valence electrons. The molecule has 0 saturated carbocycles. The molecule has 0 fully saturated rings. The van der Waals surface area contributed by atoms with E-state index in [1.54, 1.807) is 11.3 Å². The molecule has 2 aromatic rings. The zero-order chi connectivity index (χ0) is 10.5. The van der Waals surface area contributed by atoms with Crippen LogP contribution in [0.2, 0.25) is 4.47 Å². The van der Waals surface area contributed by atoms with Gasteiger partial charge in [0.1, 0.15) is 31.4 Å². The summed E-state index contributed by atoms with van der Waals surface area (Å²) in [5.74, 6) is 0. The number of rotatable bonds is 0. The van der Waals surface area contributed by atoms with Gasteiger partial charge in [0.15, 0.2) is 4.47 Å². The zero-order valence-electron chi connectivity index (χ0n) is 8.73. The van der Waals surface area contributed by atoms with Gasteiger partial charge in [0.05, 0.1) is 5.52 Å². The highest BCUT2D eigenvalue weighted by atomic mass is 35.5. The number of thiazole rings is 1. The van der Waals surface area contributed by atoms with Gasteiger partial charge in [-0.2, -0.15) is 0 Å². The lowest BCUT2D eigenvalue weighted by molar-refractivity contribution is 1.52.